The number of anilines is 1. The summed E-state index contributed by atoms with van der Waals surface area (Å²) in [7, 11) is 0. The lowest BCUT2D eigenvalue weighted by atomic mass is 9.95. The molecular formula is C27H26N2O5S. The molecule has 1 aromatic heterocycles. The van der Waals surface area contributed by atoms with E-state index in [1.165, 1.54) is 11.8 Å². The van der Waals surface area contributed by atoms with Crippen LogP contribution in [0.4, 0.5) is 5.13 Å². The summed E-state index contributed by atoms with van der Waals surface area (Å²) in [4.78, 5) is 44.8. The number of benzene rings is 2. The number of hydrogen-bond donors (Lipinski definition) is 1. The van der Waals surface area contributed by atoms with Crippen LogP contribution in [0.1, 0.15) is 59.2 Å². The van der Waals surface area contributed by atoms with Gasteiger partial charge in [-0.15, -0.1) is 0 Å². The van der Waals surface area contributed by atoms with Gasteiger partial charge >= 0.3 is 5.91 Å². The van der Waals surface area contributed by atoms with Crippen LogP contribution < -0.4 is 9.64 Å². The highest BCUT2D eigenvalue weighted by Crippen LogP contribution is 2.44. The van der Waals surface area contributed by atoms with Crippen LogP contribution in [0.15, 0.2) is 60.2 Å². The maximum absolute atomic E-state index is 13.3. The zero-order valence-corrected chi connectivity index (χ0v) is 20.6. The summed E-state index contributed by atoms with van der Waals surface area (Å²) in [5, 5.41) is 11.4. The normalized spacial score (nSPS) is 17.1. The van der Waals surface area contributed by atoms with E-state index in [-0.39, 0.29) is 22.2 Å². The number of aliphatic hydroxyl groups is 1. The first kappa shape index (κ1) is 24.3. The SMILES string of the molecule is CCCCOc1cccc(C2C(=C(O)c3ccccc3)C(=O)C(=O)N2c2nc(C)c(C(C)=O)s2)c1. The number of ether oxygens (including phenoxy) is 1. The first-order chi connectivity index (χ1) is 16.8. The molecule has 3 aromatic rings. The highest BCUT2D eigenvalue weighted by molar-refractivity contribution is 7.18. The van der Waals surface area contributed by atoms with Gasteiger partial charge in [0, 0.05) is 12.5 Å². The molecule has 0 radical (unpaired) electrons. The molecule has 2 heterocycles. The average molecular weight is 491 g/mol. The van der Waals surface area contributed by atoms with Gasteiger partial charge in [0.15, 0.2) is 10.9 Å². The van der Waals surface area contributed by atoms with Crippen LogP contribution in [0, 0.1) is 6.92 Å². The van der Waals surface area contributed by atoms with Crippen molar-refractivity contribution in [3.05, 3.63) is 81.9 Å². The Morgan fingerprint density at radius 3 is 2.54 bits per heavy atom. The predicted molar refractivity (Wildman–Crippen MR) is 135 cm³/mol. The van der Waals surface area contributed by atoms with Gasteiger partial charge in [0.25, 0.3) is 5.78 Å². The van der Waals surface area contributed by atoms with Crippen molar-refractivity contribution in [1.82, 2.24) is 4.98 Å². The molecule has 7 nitrogen and oxygen atoms in total. The van der Waals surface area contributed by atoms with Gasteiger partial charge in [0.1, 0.15) is 11.5 Å². The molecule has 0 bridgehead atoms. The molecule has 1 fully saturated rings. The quantitative estimate of drug-likeness (QED) is 0.148. The van der Waals surface area contributed by atoms with Crippen LogP contribution in [0.5, 0.6) is 5.75 Å². The lowest BCUT2D eigenvalue weighted by Crippen LogP contribution is -2.29. The van der Waals surface area contributed by atoms with Gasteiger partial charge in [-0.2, -0.15) is 0 Å². The summed E-state index contributed by atoms with van der Waals surface area (Å²) in [6.07, 6.45) is 1.88. The van der Waals surface area contributed by atoms with E-state index in [1.54, 1.807) is 55.5 Å². The van der Waals surface area contributed by atoms with Crippen LogP contribution in [-0.2, 0) is 9.59 Å². The highest BCUT2D eigenvalue weighted by atomic mass is 32.1. The summed E-state index contributed by atoms with van der Waals surface area (Å²) in [6, 6.07) is 14.8. The second-order valence-corrected chi connectivity index (χ2v) is 9.25. The number of carbonyl (C=O) groups is 3. The summed E-state index contributed by atoms with van der Waals surface area (Å²) >= 11 is 1.06. The van der Waals surface area contributed by atoms with Crippen molar-refractivity contribution in [2.75, 3.05) is 11.5 Å². The van der Waals surface area contributed by atoms with Crippen molar-refractivity contribution in [2.45, 2.75) is 39.7 Å². The van der Waals surface area contributed by atoms with Gasteiger partial charge in [0.05, 0.1) is 28.8 Å². The van der Waals surface area contributed by atoms with Gasteiger partial charge in [-0.3, -0.25) is 19.3 Å². The van der Waals surface area contributed by atoms with Crippen molar-refractivity contribution in [1.29, 1.82) is 0 Å². The Hall–Kier alpha value is -3.78. The largest absolute Gasteiger partial charge is 0.507 e. The van der Waals surface area contributed by atoms with Crippen molar-refractivity contribution in [2.24, 2.45) is 0 Å². The molecule has 1 atom stereocenters. The van der Waals surface area contributed by atoms with Crippen molar-refractivity contribution < 1.29 is 24.2 Å². The fourth-order valence-electron chi connectivity index (χ4n) is 4.02. The molecule has 1 amide bonds. The van der Waals surface area contributed by atoms with Crippen LogP contribution >= 0.6 is 11.3 Å². The summed E-state index contributed by atoms with van der Waals surface area (Å²) in [5.41, 5.74) is 1.46. The Kier molecular flexibility index (Phi) is 7.12. The number of ketones is 2. The van der Waals surface area contributed by atoms with Crippen molar-refractivity contribution in [3.8, 4) is 5.75 Å². The minimum Gasteiger partial charge on any atom is -0.507 e. The number of aromatic nitrogens is 1. The minimum atomic E-state index is -0.935. The molecule has 1 aliphatic heterocycles. The maximum Gasteiger partial charge on any atom is 0.301 e. The van der Waals surface area contributed by atoms with E-state index < -0.39 is 17.7 Å². The lowest BCUT2D eigenvalue weighted by Gasteiger charge is -2.23. The number of amides is 1. The second kappa shape index (κ2) is 10.2. The first-order valence-electron chi connectivity index (χ1n) is 11.4. The third kappa shape index (κ3) is 4.74. The van der Waals surface area contributed by atoms with Crippen molar-refractivity contribution >= 4 is 39.7 Å². The number of thiazole rings is 1. The molecule has 1 saturated heterocycles. The van der Waals surface area contributed by atoms with E-state index in [9.17, 15) is 19.5 Å². The van der Waals surface area contributed by atoms with Crippen LogP contribution in [0.3, 0.4) is 0 Å². The monoisotopic (exact) mass is 490 g/mol. The Bertz CT molecular complexity index is 1310. The topological polar surface area (TPSA) is 96.8 Å². The van der Waals surface area contributed by atoms with Gasteiger partial charge in [-0.25, -0.2) is 4.98 Å². The zero-order chi connectivity index (χ0) is 25.1. The lowest BCUT2D eigenvalue weighted by molar-refractivity contribution is -0.132. The molecule has 0 saturated carbocycles. The van der Waals surface area contributed by atoms with E-state index in [4.69, 9.17) is 4.74 Å². The number of aliphatic hydroxyl groups excluding tert-OH is 1. The predicted octanol–water partition coefficient (Wildman–Crippen LogP) is 5.46. The smallest absolute Gasteiger partial charge is 0.301 e. The second-order valence-electron chi connectivity index (χ2n) is 8.28. The molecule has 0 spiro atoms. The number of carbonyl (C=O) groups excluding carboxylic acids is 3. The Balaban J connectivity index is 1.89. The van der Waals surface area contributed by atoms with Crippen molar-refractivity contribution in [3.63, 3.8) is 0 Å². The van der Waals surface area contributed by atoms with Gasteiger partial charge in [-0.1, -0.05) is 67.1 Å². The number of rotatable bonds is 8. The van der Waals surface area contributed by atoms with E-state index in [0.717, 1.165) is 24.2 Å². The van der Waals surface area contributed by atoms with Crippen LogP contribution in [-0.4, -0.2) is 34.2 Å². The molecule has 8 heteroatoms. The average Bonchev–Trinajstić information content (AvgIpc) is 3.36. The number of Topliss-reactive ketones (excluding diaryl/α,β-unsaturated/α-hetero) is 2. The fourth-order valence-corrected chi connectivity index (χ4v) is 5.01. The third-order valence-corrected chi connectivity index (χ3v) is 7.00. The molecule has 1 unspecified atom stereocenters. The van der Waals surface area contributed by atoms with Gasteiger partial charge in [-0.05, 0) is 31.0 Å². The molecule has 35 heavy (non-hydrogen) atoms. The van der Waals surface area contributed by atoms with E-state index in [2.05, 4.69) is 11.9 Å². The molecular weight excluding hydrogens is 464 g/mol. The van der Waals surface area contributed by atoms with Crippen LogP contribution in [0.2, 0.25) is 0 Å². The standard InChI is InChI=1S/C27H26N2O5S/c1-4-5-14-34-20-13-9-12-19(15-20)22-21(23(31)18-10-7-6-8-11-18)24(32)26(33)29(22)27-28-16(2)25(35-27)17(3)30/h6-13,15,22,31H,4-5,14H2,1-3H3. The number of unbranched alkanes of at least 4 members (excludes halogenated alkanes) is 1. The summed E-state index contributed by atoms with van der Waals surface area (Å²) in [5.74, 6) is -1.47. The minimum absolute atomic E-state index is 0.0378. The van der Waals surface area contributed by atoms with E-state index in [1.807, 2.05) is 6.07 Å². The maximum atomic E-state index is 13.3. The number of hydrogen-bond acceptors (Lipinski definition) is 7. The van der Waals surface area contributed by atoms with Crippen LogP contribution in [0.25, 0.3) is 5.76 Å². The molecule has 180 valence electrons. The number of nitrogens with zero attached hydrogens (tertiary/aromatic N) is 2. The van der Waals surface area contributed by atoms with E-state index >= 15 is 0 Å². The first-order valence-corrected chi connectivity index (χ1v) is 12.2. The fraction of sp³-hybridized carbons (Fsp3) is 0.259. The summed E-state index contributed by atoms with van der Waals surface area (Å²) in [6.45, 7) is 5.73. The molecule has 4 rings (SSSR count). The zero-order valence-electron chi connectivity index (χ0n) is 19.8. The van der Waals surface area contributed by atoms with Gasteiger partial charge in [0.2, 0.25) is 0 Å². The Labute approximate surface area is 207 Å². The van der Waals surface area contributed by atoms with E-state index in [0.29, 0.717) is 34.1 Å². The summed E-state index contributed by atoms with van der Waals surface area (Å²) < 4.78 is 5.85. The molecule has 1 N–H and O–H groups in total. The Morgan fingerprint density at radius 1 is 1.14 bits per heavy atom. The Morgan fingerprint density at radius 2 is 1.89 bits per heavy atom. The number of aryl methyl sites for hydroxylation is 1. The third-order valence-electron chi connectivity index (χ3n) is 5.74. The van der Waals surface area contributed by atoms with Gasteiger partial charge < -0.3 is 9.84 Å². The molecule has 1 aliphatic rings. The molecule has 0 aliphatic carbocycles. The molecule has 2 aromatic carbocycles. The highest BCUT2D eigenvalue weighted by Gasteiger charge is 2.48.